The van der Waals surface area contributed by atoms with Gasteiger partial charge in [-0.3, -0.25) is 0 Å². The molecule has 2 aromatic heterocycles. The van der Waals surface area contributed by atoms with Crippen LogP contribution in [-0.4, -0.2) is 15.0 Å². The maximum absolute atomic E-state index is 5.50. The van der Waals surface area contributed by atoms with Gasteiger partial charge in [0.2, 0.25) is 0 Å². The van der Waals surface area contributed by atoms with Gasteiger partial charge in [0.25, 0.3) is 0 Å². The number of anilines is 1. The number of hydrogen-bond donors (Lipinski definition) is 2. The predicted molar refractivity (Wildman–Crippen MR) is 54.7 cm³/mol. The van der Waals surface area contributed by atoms with E-state index in [1.807, 2.05) is 5.38 Å². The van der Waals surface area contributed by atoms with Gasteiger partial charge in [-0.1, -0.05) is 11.8 Å². The second kappa shape index (κ2) is 3.80. The van der Waals surface area contributed by atoms with Crippen LogP contribution in [0.25, 0.3) is 0 Å². The molecule has 0 saturated heterocycles. The molecule has 2 aromatic rings. The average molecular weight is 212 g/mol. The van der Waals surface area contributed by atoms with Crippen LogP contribution in [0, 0.1) is 0 Å². The van der Waals surface area contributed by atoms with Crippen molar-refractivity contribution < 1.29 is 0 Å². The van der Waals surface area contributed by atoms with Crippen molar-refractivity contribution in [2.75, 3.05) is 5.73 Å². The molecule has 2 rings (SSSR count). The van der Waals surface area contributed by atoms with Crippen molar-refractivity contribution in [2.24, 2.45) is 0 Å². The lowest BCUT2D eigenvalue weighted by molar-refractivity contribution is 1.05. The second-order valence-corrected chi connectivity index (χ2v) is 4.21. The van der Waals surface area contributed by atoms with Gasteiger partial charge < -0.3 is 10.7 Å². The zero-order valence-electron chi connectivity index (χ0n) is 6.73. The summed E-state index contributed by atoms with van der Waals surface area (Å²) >= 11 is 3.08. The number of thioether (sulfide) groups is 1. The van der Waals surface area contributed by atoms with Crippen LogP contribution in [0.3, 0.4) is 0 Å². The van der Waals surface area contributed by atoms with Gasteiger partial charge in [-0.25, -0.2) is 9.97 Å². The number of nitrogens with one attached hydrogen (secondary N) is 1. The minimum atomic E-state index is 0.620. The van der Waals surface area contributed by atoms with Crippen LogP contribution in [0.2, 0.25) is 0 Å². The van der Waals surface area contributed by atoms with E-state index < -0.39 is 0 Å². The quantitative estimate of drug-likeness (QED) is 0.760. The van der Waals surface area contributed by atoms with Gasteiger partial charge in [0.05, 0.1) is 5.69 Å². The van der Waals surface area contributed by atoms with E-state index in [1.165, 1.54) is 11.3 Å². The van der Waals surface area contributed by atoms with Gasteiger partial charge in [-0.2, -0.15) is 0 Å². The van der Waals surface area contributed by atoms with Crippen molar-refractivity contribution in [1.29, 1.82) is 0 Å². The summed E-state index contributed by atoms with van der Waals surface area (Å²) in [6.07, 6.45) is 3.54. The summed E-state index contributed by atoms with van der Waals surface area (Å²) < 4.78 is 0. The normalized spacial score (nSPS) is 10.5. The molecule has 0 fully saturated rings. The van der Waals surface area contributed by atoms with Crippen molar-refractivity contribution in [2.45, 2.75) is 10.9 Å². The molecule has 0 aliphatic heterocycles. The summed E-state index contributed by atoms with van der Waals surface area (Å²) in [5.41, 5.74) is 6.51. The van der Waals surface area contributed by atoms with Crippen molar-refractivity contribution in [3.63, 3.8) is 0 Å². The van der Waals surface area contributed by atoms with E-state index in [0.29, 0.717) is 5.13 Å². The highest BCUT2D eigenvalue weighted by Gasteiger charge is 2.00. The Morgan fingerprint density at radius 3 is 3.15 bits per heavy atom. The van der Waals surface area contributed by atoms with E-state index in [-0.39, 0.29) is 0 Å². The lowest BCUT2D eigenvalue weighted by Gasteiger charge is -1.92. The van der Waals surface area contributed by atoms with Crippen LogP contribution >= 0.6 is 23.1 Å². The summed E-state index contributed by atoms with van der Waals surface area (Å²) in [7, 11) is 0. The smallest absolute Gasteiger partial charge is 0.180 e. The molecule has 13 heavy (non-hydrogen) atoms. The van der Waals surface area contributed by atoms with Gasteiger partial charge in [0, 0.05) is 23.5 Å². The Labute approximate surface area is 83.6 Å². The molecule has 0 amide bonds. The minimum Gasteiger partial charge on any atom is -0.375 e. The number of imidazole rings is 1. The summed E-state index contributed by atoms with van der Waals surface area (Å²) in [6.45, 7) is 0. The Morgan fingerprint density at radius 1 is 1.62 bits per heavy atom. The molecule has 0 aliphatic carbocycles. The maximum atomic E-state index is 5.50. The molecule has 0 aliphatic rings. The highest BCUT2D eigenvalue weighted by Crippen LogP contribution is 2.20. The topological polar surface area (TPSA) is 67.6 Å². The predicted octanol–water partition coefficient (Wildman–Crippen LogP) is 1.74. The Morgan fingerprint density at radius 2 is 2.54 bits per heavy atom. The molecule has 0 unspecified atom stereocenters. The van der Waals surface area contributed by atoms with Gasteiger partial charge in [-0.15, -0.1) is 11.3 Å². The maximum Gasteiger partial charge on any atom is 0.180 e. The molecule has 2 heterocycles. The number of nitrogen functional groups attached to an aromatic ring is 1. The van der Waals surface area contributed by atoms with Gasteiger partial charge >= 0.3 is 0 Å². The number of H-pyrrole nitrogens is 1. The molecule has 0 atom stereocenters. The highest BCUT2D eigenvalue weighted by molar-refractivity contribution is 7.98. The van der Waals surface area contributed by atoms with Crippen LogP contribution in [0.4, 0.5) is 5.13 Å². The monoisotopic (exact) mass is 212 g/mol. The number of aromatic nitrogens is 3. The summed E-state index contributed by atoms with van der Waals surface area (Å²) in [5.74, 6) is 0.807. The van der Waals surface area contributed by atoms with Crippen LogP contribution in [0.1, 0.15) is 5.69 Å². The number of aromatic amines is 1. The Hall–Kier alpha value is -1.01. The molecular formula is C7H8N4S2. The third-order valence-corrected chi connectivity index (χ3v) is 3.06. The van der Waals surface area contributed by atoms with E-state index in [1.54, 1.807) is 24.2 Å². The fraction of sp³-hybridized carbons (Fsp3) is 0.143. The first kappa shape index (κ1) is 8.58. The van der Waals surface area contributed by atoms with Gasteiger partial charge in [0.15, 0.2) is 10.3 Å². The van der Waals surface area contributed by atoms with Crippen molar-refractivity contribution in [3.8, 4) is 0 Å². The number of nitrogens with two attached hydrogens (primary N) is 1. The van der Waals surface area contributed by atoms with Gasteiger partial charge in [-0.05, 0) is 0 Å². The van der Waals surface area contributed by atoms with E-state index in [2.05, 4.69) is 15.0 Å². The lowest BCUT2D eigenvalue weighted by atomic mass is 10.6. The standard InChI is InChI=1S/C7H8N4S2/c8-6-11-5(3-12-6)4-13-7-9-1-2-10-7/h1-3H,4H2,(H2,8,11)(H,9,10). The molecule has 0 bridgehead atoms. The number of nitrogens with zero attached hydrogens (tertiary/aromatic N) is 2. The van der Waals surface area contributed by atoms with Crippen molar-refractivity contribution in [3.05, 3.63) is 23.5 Å². The average Bonchev–Trinajstić information content (AvgIpc) is 2.71. The molecular weight excluding hydrogens is 204 g/mol. The van der Waals surface area contributed by atoms with E-state index in [9.17, 15) is 0 Å². The van der Waals surface area contributed by atoms with E-state index in [0.717, 1.165) is 16.6 Å². The SMILES string of the molecule is Nc1nc(CSc2ncc[nH]2)cs1. The molecule has 3 N–H and O–H groups in total. The highest BCUT2D eigenvalue weighted by atomic mass is 32.2. The Balaban J connectivity index is 1.93. The molecule has 0 spiro atoms. The number of hydrogen-bond acceptors (Lipinski definition) is 5. The van der Waals surface area contributed by atoms with Crippen molar-refractivity contribution >= 4 is 28.2 Å². The van der Waals surface area contributed by atoms with Crippen LogP contribution in [-0.2, 0) is 5.75 Å². The first-order valence-corrected chi connectivity index (χ1v) is 5.53. The molecule has 6 heteroatoms. The van der Waals surface area contributed by atoms with Crippen LogP contribution in [0.5, 0.6) is 0 Å². The van der Waals surface area contributed by atoms with Gasteiger partial charge in [0.1, 0.15) is 0 Å². The van der Waals surface area contributed by atoms with E-state index >= 15 is 0 Å². The van der Waals surface area contributed by atoms with Crippen LogP contribution < -0.4 is 5.73 Å². The third-order valence-electron chi connectivity index (χ3n) is 1.40. The third kappa shape index (κ3) is 2.22. The summed E-state index contributed by atoms with van der Waals surface area (Å²) in [6, 6.07) is 0. The molecule has 0 radical (unpaired) electrons. The first-order chi connectivity index (χ1) is 6.34. The second-order valence-electron chi connectivity index (χ2n) is 2.36. The van der Waals surface area contributed by atoms with Crippen LogP contribution in [0.15, 0.2) is 22.9 Å². The summed E-state index contributed by atoms with van der Waals surface area (Å²) in [5, 5.41) is 3.49. The molecule has 0 saturated carbocycles. The number of rotatable bonds is 3. The zero-order valence-corrected chi connectivity index (χ0v) is 8.36. The molecule has 68 valence electrons. The van der Waals surface area contributed by atoms with E-state index in [4.69, 9.17) is 5.73 Å². The Bertz CT molecular complexity index is 368. The minimum absolute atomic E-state index is 0.620. The first-order valence-electron chi connectivity index (χ1n) is 3.66. The molecule has 0 aromatic carbocycles. The zero-order chi connectivity index (χ0) is 9.10. The fourth-order valence-electron chi connectivity index (χ4n) is 0.861. The Kier molecular flexibility index (Phi) is 2.51. The fourth-order valence-corrected chi connectivity index (χ4v) is 2.25. The van der Waals surface area contributed by atoms with Crippen molar-refractivity contribution in [1.82, 2.24) is 15.0 Å². The number of thiazole rings is 1. The lowest BCUT2D eigenvalue weighted by Crippen LogP contribution is -1.85. The summed E-state index contributed by atoms with van der Waals surface area (Å²) in [4.78, 5) is 11.2. The largest absolute Gasteiger partial charge is 0.375 e. The molecule has 4 nitrogen and oxygen atoms in total.